The van der Waals surface area contributed by atoms with Gasteiger partial charge in [-0.2, -0.15) is 0 Å². The van der Waals surface area contributed by atoms with Gasteiger partial charge in [-0.1, -0.05) is 55.8 Å². The van der Waals surface area contributed by atoms with Crippen molar-refractivity contribution in [3.8, 4) is 16.9 Å². The summed E-state index contributed by atoms with van der Waals surface area (Å²) in [4.78, 5) is 39.7. The number of Topliss-reactive ketones (excluding diaryl/α,β-unsaturated/α-hetero) is 3. The van der Waals surface area contributed by atoms with Crippen LogP contribution in [0.4, 0.5) is 0 Å². The van der Waals surface area contributed by atoms with Crippen LogP contribution in [-0.2, 0) is 20.8 Å². The molecule has 0 aromatic heterocycles. The number of allylic oxidation sites excluding steroid dienone is 1. The molecule has 2 aromatic carbocycles. The van der Waals surface area contributed by atoms with Crippen LogP contribution in [-0.4, -0.2) is 38.3 Å². The van der Waals surface area contributed by atoms with Crippen LogP contribution in [0, 0.1) is 10.8 Å². The molecule has 0 bridgehead atoms. The summed E-state index contributed by atoms with van der Waals surface area (Å²) in [5.74, 6) is -2.90. The highest BCUT2D eigenvalue weighted by Crippen LogP contribution is 2.62. The Labute approximate surface area is 203 Å². The Bertz CT molecular complexity index is 1400. The largest absolute Gasteiger partial charge is 0.507 e. The van der Waals surface area contributed by atoms with Gasteiger partial charge >= 0.3 is 0 Å². The number of hydrogen-bond donors (Lipinski definition) is 3. The smallest absolute Gasteiger partial charge is 0.206 e. The van der Waals surface area contributed by atoms with E-state index in [-0.39, 0.29) is 35.3 Å². The van der Waals surface area contributed by atoms with Gasteiger partial charge in [-0.3, -0.25) is 14.4 Å². The summed E-state index contributed by atoms with van der Waals surface area (Å²) >= 11 is 0. The maximum Gasteiger partial charge on any atom is 0.206 e. The zero-order valence-electron chi connectivity index (χ0n) is 20.2. The summed E-state index contributed by atoms with van der Waals surface area (Å²) in [6.45, 7) is 6.50. The van der Waals surface area contributed by atoms with Gasteiger partial charge in [-0.05, 0) is 55.9 Å². The molecule has 3 aliphatic rings. The zero-order valence-corrected chi connectivity index (χ0v) is 20.2. The second-order valence-electron chi connectivity index (χ2n) is 10.8. The fourth-order valence-corrected chi connectivity index (χ4v) is 6.91. The molecular formula is C29H28O6. The molecule has 3 N–H and O–H groups in total. The number of fused-ring (bicyclic) bond motifs is 3. The Kier molecular flexibility index (Phi) is 4.81. The van der Waals surface area contributed by atoms with E-state index in [1.54, 1.807) is 19.9 Å². The predicted octanol–water partition coefficient (Wildman–Crippen LogP) is 4.48. The minimum Gasteiger partial charge on any atom is -0.507 e. The van der Waals surface area contributed by atoms with Gasteiger partial charge in [0.05, 0.1) is 11.1 Å². The Balaban J connectivity index is 1.77. The SMILES string of the molecule is CC(=O)C1=C(C)C[C@@]2(C)C[C@@]3(C)Cc4c(-c5ccccc5)ccc(O)c4C(O)=C3C(=O)[C@@]2(O)C1=O. The Morgan fingerprint density at radius 2 is 1.60 bits per heavy atom. The summed E-state index contributed by atoms with van der Waals surface area (Å²) < 4.78 is 0. The van der Waals surface area contributed by atoms with Crippen LogP contribution in [0.15, 0.2) is 59.2 Å². The zero-order chi connectivity index (χ0) is 25.5. The van der Waals surface area contributed by atoms with Gasteiger partial charge in [0.2, 0.25) is 11.6 Å². The summed E-state index contributed by atoms with van der Waals surface area (Å²) in [6.07, 6.45) is 0.769. The van der Waals surface area contributed by atoms with Crippen LogP contribution >= 0.6 is 0 Å². The quantitative estimate of drug-likeness (QED) is 0.439. The molecule has 6 heteroatoms. The van der Waals surface area contributed by atoms with Gasteiger partial charge in [0, 0.05) is 16.4 Å². The van der Waals surface area contributed by atoms with E-state index in [2.05, 4.69) is 0 Å². The average molecular weight is 473 g/mol. The number of aliphatic hydroxyl groups is 2. The maximum absolute atomic E-state index is 14.0. The van der Waals surface area contributed by atoms with E-state index in [1.165, 1.54) is 13.0 Å². The van der Waals surface area contributed by atoms with E-state index in [1.807, 2.05) is 37.3 Å². The lowest BCUT2D eigenvalue weighted by Crippen LogP contribution is -2.67. The maximum atomic E-state index is 14.0. The van der Waals surface area contributed by atoms with E-state index in [0.29, 0.717) is 17.6 Å². The molecule has 0 unspecified atom stereocenters. The molecule has 2 aromatic rings. The van der Waals surface area contributed by atoms with Gasteiger partial charge in [-0.15, -0.1) is 0 Å². The number of phenols is 1. The molecular weight excluding hydrogens is 444 g/mol. The monoisotopic (exact) mass is 472 g/mol. The van der Waals surface area contributed by atoms with Gasteiger partial charge < -0.3 is 15.3 Å². The first-order valence-electron chi connectivity index (χ1n) is 11.7. The highest BCUT2D eigenvalue weighted by Gasteiger charge is 2.69. The van der Waals surface area contributed by atoms with E-state index in [9.17, 15) is 29.7 Å². The predicted molar refractivity (Wildman–Crippen MR) is 131 cm³/mol. The van der Waals surface area contributed by atoms with Gasteiger partial charge in [0.25, 0.3) is 0 Å². The molecule has 3 aliphatic carbocycles. The van der Waals surface area contributed by atoms with Crippen molar-refractivity contribution in [2.24, 2.45) is 10.8 Å². The number of rotatable bonds is 2. The molecule has 3 atom stereocenters. The van der Waals surface area contributed by atoms with Crippen molar-refractivity contribution in [2.45, 2.75) is 52.6 Å². The van der Waals surface area contributed by atoms with Crippen LogP contribution < -0.4 is 0 Å². The molecule has 0 aliphatic heterocycles. The number of aliphatic hydroxyl groups excluding tert-OH is 1. The molecule has 1 fully saturated rings. The molecule has 0 heterocycles. The number of carbonyl (C=O) groups excluding carboxylic acids is 3. The fourth-order valence-electron chi connectivity index (χ4n) is 6.91. The Morgan fingerprint density at radius 1 is 0.943 bits per heavy atom. The number of aromatic hydroxyl groups is 1. The lowest BCUT2D eigenvalue weighted by molar-refractivity contribution is -0.171. The van der Waals surface area contributed by atoms with Crippen molar-refractivity contribution in [3.63, 3.8) is 0 Å². The van der Waals surface area contributed by atoms with Crippen LogP contribution in [0.1, 0.15) is 51.7 Å². The molecule has 0 saturated heterocycles. The van der Waals surface area contributed by atoms with Crippen molar-refractivity contribution in [2.75, 3.05) is 0 Å². The third-order valence-electron chi connectivity index (χ3n) is 8.22. The normalized spacial score (nSPS) is 30.1. The molecule has 0 spiro atoms. The van der Waals surface area contributed by atoms with Gasteiger partial charge in [-0.25, -0.2) is 0 Å². The van der Waals surface area contributed by atoms with Crippen molar-refractivity contribution >= 4 is 23.1 Å². The second-order valence-corrected chi connectivity index (χ2v) is 10.8. The number of hydrogen-bond acceptors (Lipinski definition) is 6. The summed E-state index contributed by atoms with van der Waals surface area (Å²) in [5.41, 5.74) is -1.60. The van der Waals surface area contributed by atoms with E-state index in [0.717, 1.165) is 11.1 Å². The van der Waals surface area contributed by atoms with E-state index in [4.69, 9.17) is 0 Å². The second kappa shape index (κ2) is 7.25. The average Bonchev–Trinajstić information content (AvgIpc) is 2.76. The standard InChI is InChI=1S/C29H28O6/c1-15-12-28(4)14-27(3)13-19-18(17-8-6-5-7-9-17)10-11-20(31)22(19)24(32)23(27)26(34)29(28,35)25(33)21(15)16(2)30/h5-11,31-32,35H,12-14H2,1-4H3/t27-,28+,29+/m1/s1. The minimum atomic E-state index is -2.47. The highest BCUT2D eigenvalue weighted by atomic mass is 16.3. The first kappa shape index (κ1) is 23.2. The molecule has 35 heavy (non-hydrogen) atoms. The van der Waals surface area contributed by atoms with Gasteiger partial charge in [0.1, 0.15) is 11.5 Å². The molecule has 0 amide bonds. The molecule has 180 valence electrons. The van der Waals surface area contributed by atoms with Crippen LogP contribution in [0.3, 0.4) is 0 Å². The molecule has 6 nitrogen and oxygen atoms in total. The lowest BCUT2D eigenvalue weighted by atomic mass is 9.46. The summed E-state index contributed by atoms with van der Waals surface area (Å²) in [6, 6.07) is 12.9. The van der Waals surface area contributed by atoms with Gasteiger partial charge in [0.15, 0.2) is 11.4 Å². The number of phenolic OH excluding ortho intramolecular Hbond substituents is 1. The number of ketones is 3. The van der Waals surface area contributed by atoms with Crippen molar-refractivity contribution in [3.05, 3.63) is 70.3 Å². The van der Waals surface area contributed by atoms with Crippen molar-refractivity contribution in [1.29, 1.82) is 0 Å². The first-order valence-corrected chi connectivity index (χ1v) is 11.7. The third-order valence-corrected chi connectivity index (χ3v) is 8.22. The Hall–Kier alpha value is -3.51. The molecule has 1 saturated carbocycles. The lowest BCUT2D eigenvalue weighted by Gasteiger charge is -2.56. The van der Waals surface area contributed by atoms with Crippen molar-refractivity contribution in [1.82, 2.24) is 0 Å². The topological polar surface area (TPSA) is 112 Å². The van der Waals surface area contributed by atoms with Crippen molar-refractivity contribution < 1.29 is 29.7 Å². The van der Waals surface area contributed by atoms with Crippen LogP contribution in [0.25, 0.3) is 16.9 Å². The Morgan fingerprint density at radius 3 is 2.23 bits per heavy atom. The molecule has 5 rings (SSSR count). The number of benzene rings is 2. The first-order chi connectivity index (χ1) is 16.4. The third kappa shape index (κ3) is 2.89. The summed E-state index contributed by atoms with van der Waals surface area (Å²) in [7, 11) is 0. The highest BCUT2D eigenvalue weighted by molar-refractivity contribution is 6.33. The molecule has 0 radical (unpaired) electrons. The fraction of sp³-hybridized carbons (Fsp3) is 0.345. The summed E-state index contributed by atoms with van der Waals surface area (Å²) in [5, 5.41) is 33.9. The van der Waals surface area contributed by atoms with Crippen LogP contribution in [0.2, 0.25) is 0 Å². The number of carbonyl (C=O) groups is 3. The van der Waals surface area contributed by atoms with Crippen LogP contribution in [0.5, 0.6) is 5.75 Å². The van der Waals surface area contributed by atoms with E-state index < -0.39 is 39.5 Å². The van der Waals surface area contributed by atoms with E-state index >= 15 is 0 Å². The minimum absolute atomic E-state index is 0.0682.